The van der Waals surface area contributed by atoms with Gasteiger partial charge in [0.2, 0.25) is 0 Å². The van der Waals surface area contributed by atoms with Crippen molar-refractivity contribution >= 4 is 16.6 Å². The molecule has 2 heterocycles. The highest BCUT2D eigenvalue weighted by molar-refractivity contribution is 5.93. The molecule has 0 aliphatic carbocycles. The minimum atomic E-state index is 1.03. The number of pyridine rings is 1. The van der Waals surface area contributed by atoms with Gasteiger partial charge >= 0.3 is 0 Å². The van der Waals surface area contributed by atoms with Crippen molar-refractivity contribution in [2.75, 3.05) is 31.1 Å². The molecule has 1 aromatic heterocycles. The van der Waals surface area contributed by atoms with Gasteiger partial charge in [-0.15, -0.1) is 0 Å². The largest absolute Gasteiger partial charge is 0.368 e. The van der Waals surface area contributed by atoms with Crippen LogP contribution in [0.2, 0.25) is 0 Å². The summed E-state index contributed by atoms with van der Waals surface area (Å²) in [4.78, 5) is 7.31. The van der Waals surface area contributed by atoms with E-state index in [1.165, 1.54) is 11.1 Å². The second kappa shape index (κ2) is 5.78. The van der Waals surface area contributed by atoms with Gasteiger partial charge < -0.3 is 10.2 Å². The van der Waals surface area contributed by atoms with E-state index in [1.807, 2.05) is 6.07 Å². The van der Waals surface area contributed by atoms with Crippen LogP contribution in [0.5, 0.6) is 0 Å². The Kier molecular flexibility index (Phi) is 3.49. The summed E-state index contributed by atoms with van der Waals surface area (Å²) in [5.41, 5.74) is 4.56. The predicted molar refractivity (Wildman–Crippen MR) is 92.3 cm³/mol. The number of hydrogen-bond acceptors (Lipinski definition) is 3. The van der Waals surface area contributed by atoms with Crippen molar-refractivity contribution in [2.45, 2.75) is 0 Å². The topological polar surface area (TPSA) is 28.2 Å². The lowest BCUT2D eigenvalue weighted by Gasteiger charge is -2.30. The monoisotopic (exact) mass is 289 g/mol. The molecule has 0 atom stereocenters. The Bertz CT molecular complexity index is 777. The lowest BCUT2D eigenvalue weighted by Crippen LogP contribution is -2.43. The summed E-state index contributed by atoms with van der Waals surface area (Å²) >= 11 is 0. The second-order valence-electron chi connectivity index (χ2n) is 5.64. The van der Waals surface area contributed by atoms with E-state index >= 15 is 0 Å². The molecule has 22 heavy (non-hydrogen) atoms. The van der Waals surface area contributed by atoms with E-state index in [2.05, 4.69) is 64.8 Å². The van der Waals surface area contributed by atoms with E-state index < -0.39 is 0 Å². The van der Waals surface area contributed by atoms with Crippen LogP contribution >= 0.6 is 0 Å². The van der Waals surface area contributed by atoms with Crippen molar-refractivity contribution in [2.24, 2.45) is 0 Å². The molecule has 1 N–H and O–H groups in total. The van der Waals surface area contributed by atoms with Crippen LogP contribution in [-0.2, 0) is 0 Å². The fraction of sp³-hybridized carbons (Fsp3) is 0.211. The van der Waals surface area contributed by atoms with E-state index in [1.54, 1.807) is 0 Å². The van der Waals surface area contributed by atoms with Crippen LogP contribution in [0, 0.1) is 0 Å². The summed E-state index contributed by atoms with van der Waals surface area (Å²) in [5.74, 6) is 0. The molecule has 3 nitrogen and oxygen atoms in total. The molecule has 2 aromatic carbocycles. The zero-order valence-corrected chi connectivity index (χ0v) is 12.5. The van der Waals surface area contributed by atoms with Crippen molar-refractivity contribution in [1.29, 1.82) is 0 Å². The SMILES string of the molecule is c1ccc(-c2ccc3c(N4CCNCC4)cccc3n2)cc1. The molecule has 0 amide bonds. The highest BCUT2D eigenvalue weighted by atomic mass is 15.2. The molecular formula is C19H19N3. The second-order valence-corrected chi connectivity index (χ2v) is 5.64. The van der Waals surface area contributed by atoms with Gasteiger partial charge in [-0.2, -0.15) is 0 Å². The summed E-state index contributed by atoms with van der Waals surface area (Å²) < 4.78 is 0. The average molecular weight is 289 g/mol. The highest BCUT2D eigenvalue weighted by Gasteiger charge is 2.13. The minimum Gasteiger partial charge on any atom is -0.368 e. The van der Waals surface area contributed by atoms with Crippen molar-refractivity contribution in [1.82, 2.24) is 10.3 Å². The summed E-state index contributed by atoms with van der Waals surface area (Å²) in [6, 6.07) is 21.1. The smallest absolute Gasteiger partial charge is 0.0730 e. The molecule has 1 fully saturated rings. The van der Waals surface area contributed by atoms with Gasteiger partial charge in [-0.1, -0.05) is 36.4 Å². The number of rotatable bonds is 2. The number of nitrogens with one attached hydrogen (secondary N) is 1. The van der Waals surface area contributed by atoms with Crippen molar-refractivity contribution < 1.29 is 0 Å². The lowest BCUT2D eigenvalue weighted by atomic mass is 10.1. The molecular weight excluding hydrogens is 270 g/mol. The Hall–Kier alpha value is -2.39. The molecule has 3 heteroatoms. The van der Waals surface area contributed by atoms with Gasteiger partial charge in [-0.25, -0.2) is 4.98 Å². The van der Waals surface area contributed by atoms with E-state index in [-0.39, 0.29) is 0 Å². The lowest BCUT2D eigenvalue weighted by molar-refractivity contribution is 0.590. The van der Waals surface area contributed by atoms with E-state index in [4.69, 9.17) is 4.98 Å². The Labute approximate surface area is 130 Å². The zero-order valence-electron chi connectivity index (χ0n) is 12.5. The Morgan fingerprint density at radius 1 is 0.818 bits per heavy atom. The molecule has 0 radical (unpaired) electrons. The van der Waals surface area contributed by atoms with Crippen molar-refractivity contribution in [3.63, 3.8) is 0 Å². The van der Waals surface area contributed by atoms with E-state index in [9.17, 15) is 0 Å². The quantitative estimate of drug-likeness (QED) is 0.784. The van der Waals surface area contributed by atoms with Crippen LogP contribution < -0.4 is 10.2 Å². The highest BCUT2D eigenvalue weighted by Crippen LogP contribution is 2.28. The third-order valence-electron chi connectivity index (χ3n) is 4.24. The molecule has 1 aliphatic heterocycles. The van der Waals surface area contributed by atoms with E-state index in [0.717, 1.165) is 43.0 Å². The van der Waals surface area contributed by atoms with Crippen LogP contribution in [0.1, 0.15) is 0 Å². The average Bonchev–Trinajstić information content (AvgIpc) is 2.62. The Balaban J connectivity index is 1.78. The van der Waals surface area contributed by atoms with Crippen molar-refractivity contribution in [3.05, 3.63) is 60.7 Å². The summed E-state index contributed by atoms with van der Waals surface area (Å²) in [6.07, 6.45) is 0. The number of nitrogens with zero attached hydrogens (tertiary/aromatic N) is 2. The number of fused-ring (bicyclic) bond motifs is 1. The van der Waals surface area contributed by atoms with Gasteiger partial charge in [0.1, 0.15) is 0 Å². The molecule has 0 unspecified atom stereocenters. The maximum atomic E-state index is 4.86. The number of anilines is 1. The van der Waals surface area contributed by atoms with Gasteiger partial charge in [0.25, 0.3) is 0 Å². The fourth-order valence-electron chi connectivity index (χ4n) is 3.09. The molecule has 4 rings (SSSR count). The third kappa shape index (κ3) is 2.44. The molecule has 3 aromatic rings. The number of benzene rings is 2. The van der Waals surface area contributed by atoms with Gasteiger partial charge in [0.15, 0.2) is 0 Å². The molecule has 110 valence electrons. The normalized spacial score (nSPS) is 15.2. The Morgan fingerprint density at radius 3 is 2.45 bits per heavy atom. The van der Waals surface area contributed by atoms with Crippen LogP contribution in [0.3, 0.4) is 0 Å². The summed E-state index contributed by atoms with van der Waals surface area (Å²) in [7, 11) is 0. The third-order valence-corrected chi connectivity index (χ3v) is 4.24. The van der Waals surface area contributed by atoms with Crippen LogP contribution in [0.4, 0.5) is 5.69 Å². The first-order valence-corrected chi connectivity index (χ1v) is 7.83. The van der Waals surface area contributed by atoms with Crippen LogP contribution in [0.15, 0.2) is 60.7 Å². The summed E-state index contributed by atoms with van der Waals surface area (Å²) in [5, 5.41) is 4.65. The predicted octanol–water partition coefficient (Wildman–Crippen LogP) is 3.31. The van der Waals surface area contributed by atoms with Crippen LogP contribution in [-0.4, -0.2) is 31.2 Å². The van der Waals surface area contributed by atoms with Crippen molar-refractivity contribution in [3.8, 4) is 11.3 Å². The fourth-order valence-corrected chi connectivity index (χ4v) is 3.09. The van der Waals surface area contributed by atoms with E-state index in [0.29, 0.717) is 0 Å². The molecule has 1 aliphatic rings. The van der Waals surface area contributed by atoms with Gasteiger partial charge in [0.05, 0.1) is 11.2 Å². The first-order chi connectivity index (χ1) is 10.9. The zero-order chi connectivity index (χ0) is 14.8. The maximum Gasteiger partial charge on any atom is 0.0730 e. The molecule has 0 saturated carbocycles. The van der Waals surface area contributed by atoms with Crippen LogP contribution in [0.25, 0.3) is 22.2 Å². The number of piperazine rings is 1. The van der Waals surface area contributed by atoms with Gasteiger partial charge in [-0.3, -0.25) is 0 Å². The number of hydrogen-bond donors (Lipinski definition) is 1. The minimum absolute atomic E-state index is 1.03. The first kappa shape index (κ1) is 13.3. The molecule has 0 bridgehead atoms. The first-order valence-electron chi connectivity index (χ1n) is 7.83. The number of aromatic nitrogens is 1. The Morgan fingerprint density at radius 2 is 1.64 bits per heavy atom. The maximum absolute atomic E-state index is 4.86. The van der Waals surface area contributed by atoms with Gasteiger partial charge in [0, 0.05) is 42.8 Å². The molecule has 1 saturated heterocycles. The summed E-state index contributed by atoms with van der Waals surface area (Å²) in [6.45, 7) is 4.21. The van der Waals surface area contributed by atoms with Gasteiger partial charge in [-0.05, 0) is 24.3 Å². The molecule has 0 spiro atoms. The standard InChI is InChI=1S/C19H19N3/c1-2-5-15(6-3-1)17-10-9-16-18(21-17)7-4-8-19(16)22-13-11-20-12-14-22/h1-10,20H,11-14H2.